The van der Waals surface area contributed by atoms with E-state index in [4.69, 9.17) is 10.2 Å². The molecule has 0 spiro atoms. The number of carboxylic acids is 1. The predicted octanol–water partition coefficient (Wildman–Crippen LogP) is 1.44. The lowest BCUT2D eigenvalue weighted by atomic mass is 10.5. The molecule has 0 unspecified atom stereocenters. The van der Waals surface area contributed by atoms with Gasteiger partial charge >= 0.3 is 11.9 Å². The maximum atomic E-state index is 10.2. The highest BCUT2D eigenvalue weighted by Crippen LogP contribution is 1.80. The van der Waals surface area contributed by atoms with Gasteiger partial charge in [0.15, 0.2) is 0 Å². The highest BCUT2D eigenvalue weighted by atomic mass is 16.5. The van der Waals surface area contributed by atoms with Crippen molar-refractivity contribution in [2.24, 2.45) is 0 Å². The summed E-state index contributed by atoms with van der Waals surface area (Å²) in [5, 5.41) is 15.3. The second kappa shape index (κ2) is 18.6. The number of aliphatic hydroxyl groups excluding tert-OH is 1. The summed E-state index contributed by atoms with van der Waals surface area (Å²) in [4.78, 5) is 19.6. The summed E-state index contributed by atoms with van der Waals surface area (Å²) >= 11 is 0. The summed E-state index contributed by atoms with van der Waals surface area (Å²) in [7, 11) is 0. The third-order valence-electron chi connectivity index (χ3n) is 0.896. The minimum atomic E-state index is -0.745. The topological polar surface area (TPSA) is 83.8 Å². The minimum Gasteiger partial charge on any atom is -0.481 e. The maximum absolute atomic E-state index is 10.2. The smallest absolute Gasteiger partial charge is 0.305 e. The fourth-order valence-electron chi connectivity index (χ4n) is 0.263. The molecule has 0 rings (SSSR count). The van der Waals surface area contributed by atoms with Crippen LogP contribution in [0.15, 0.2) is 0 Å². The van der Waals surface area contributed by atoms with Crippen molar-refractivity contribution in [3.05, 3.63) is 0 Å². The first-order chi connectivity index (χ1) is 6.99. The maximum Gasteiger partial charge on any atom is 0.305 e. The molecule has 0 aliphatic heterocycles. The molecule has 5 heteroatoms. The van der Waals surface area contributed by atoms with Crippen LogP contribution in [-0.2, 0) is 14.3 Å². The lowest BCUT2D eigenvalue weighted by molar-refractivity contribution is -0.142. The number of carbonyl (C=O) groups is 2. The zero-order chi connectivity index (χ0) is 12.7. The van der Waals surface area contributed by atoms with Crippen molar-refractivity contribution in [3.63, 3.8) is 0 Å². The molecule has 2 N–H and O–H groups in total. The van der Waals surface area contributed by atoms with E-state index in [0.717, 1.165) is 0 Å². The van der Waals surface area contributed by atoms with Crippen molar-refractivity contribution in [1.82, 2.24) is 0 Å². The van der Waals surface area contributed by atoms with Gasteiger partial charge in [0, 0.05) is 19.4 Å². The van der Waals surface area contributed by atoms with Crippen LogP contribution in [0.3, 0.4) is 0 Å². The molecule has 0 amide bonds. The van der Waals surface area contributed by atoms with Crippen molar-refractivity contribution < 1.29 is 24.5 Å². The van der Waals surface area contributed by atoms with Gasteiger partial charge in [-0.15, -0.1) is 0 Å². The fourth-order valence-corrected chi connectivity index (χ4v) is 0.263. The first-order valence-electron chi connectivity index (χ1n) is 4.98. The normalized spacial score (nSPS) is 7.53. The second-order valence-corrected chi connectivity index (χ2v) is 2.22. The molecule has 92 valence electrons. The molecule has 0 aromatic rings. The average molecular weight is 222 g/mol. The molecule has 0 aliphatic carbocycles. The first-order valence-corrected chi connectivity index (χ1v) is 4.98. The van der Waals surface area contributed by atoms with Crippen LogP contribution in [0.4, 0.5) is 0 Å². The third kappa shape index (κ3) is 44.0. The van der Waals surface area contributed by atoms with Crippen molar-refractivity contribution in [1.29, 1.82) is 0 Å². The van der Waals surface area contributed by atoms with Crippen molar-refractivity contribution in [3.8, 4) is 0 Å². The number of hydrogen-bond acceptors (Lipinski definition) is 4. The molecule has 0 radical (unpaired) electrons. The Morgan fingerprint density at radius 1 is 1.07 bits per heavy atom. The predicted molar refractivity (Wildman–Crippen MR) is 57.6 cm³/mol. The molecule has 0 atom stereocenters. The Kier molecular flexibility index (Phi) is 24.2. The Balaban J connectivity index is -0.000000158. The van der Waals surface area contributed by atoms with E-state index < -0.39 is 5.97 Å². The first kappa shape index (κ1) is 19.5. The van der Waals surface area contributed by atoms with Crippen molar-refractivity contribution in [2.75, 3.05) is 13.2 Å². The quantitative estimate of drug-likeness (QED) is 0.706. The van der Waals surface area contributed by atoms with E-state index in [1.54, 1.807) is 27.7 Å². The molecule has 0 saturated carbocycles. The molecule has 0 aliphatic rings. The van der Waals surface area contributed by atoms with Gasteiger partial charge in [-0.2, -0.15) is 0 Å². The molecule has 0 bridgehead atoms. The summed E-state index contributed by atoms with van der Waals surface area (Å²) in [5.41, 5.74) is 0. The van der Waals surface area contributed by atoms with Crippen molar-refractivity contribution >= 4 is 11.9 Å². The Labute approximate surface area is 91.1 Å². The van der Waals surface area contributed by atoms with Crippen LogP contribution >= 0.6 is 0 Å². The van der Waals surface area contributed by atoms with Gasteiger partial charge in [0.05, 0.1) is 6.61 Å². The van der Waals surface area contributed by atoms with Gasteiger partial charge in [-0.1, -0.05) is 13.8 Å². The van der Waals surface area contributed by atoms with Crippen LogP contribution in [-0.4, -0.2) is 35.4 Å². The number of hydrogen-bond donors (Lipinski definition) is 2. The summed E-state index contributed by atoms with van der Waals surface area (Å²) < 4.78 is 4.55. The van der Waals surface area contributed by atoms with E-state index in [1.807, 2.05) is 0 Å². The largest absolute Gasteiger partial charge is 0.481 e. The molecule has 0 heterocycles. The average Bonchev–Trinajstić information content (AvgIpc) is 2.20. The van der Waals surface area contributed by atoms with Crippen LogP contribution in [0.2, 0.25) is 0 Å². The number of ether oxygens (including phenoxy) is 1. The monoisotopic (exact) mass is 222 g/mol. The standard InChI is InChI=1S/C5H10O2.C3H6O2.C2H6O/c1-3-5(6)7-4-2;1-2-3(4)5;1-2-3/h3-4H2,1-2H3;2H2,1H3,(H,4,5);3H,2H2,1H3. The molecule has 15 heavy (non-hydrogen) atoms. The van der Waals surface area contributed by atoms with E-state index in [-0.39, 0.29) is 19.0 Å². The summed E-state index contributed by atoms with van der Waals surface area (Å²) in [6.45, 7) is 7.60. The van der Waals surface area contributed by atoms with E-state index in [2.05, 4.69) is 4.74 Å². The fraction of sp³-hybridized carbons (Fsp3) is 0.800. The van der Waals surface area contributed by atoms with Crippen LogP contribution in [0.5, 0.6) is 0 Å². The van der Waals surface area contributed by atoms with Gasteiger partial charge in [0.2, 0.25) is 0 Å². The number of rotatable bonds is 3. The Morgan fingerprint density at radius 3 is 1.47 bits per heavy atom. The van der Waals surface area contributed by atoms with Crippen LogP contribution in [0.1, 0.15) is 40.5 Å². The Bertz CT molecular complexity index is 145. The lowest BCUT2D eigenvalue weighted by Gasteiger charge is -1.93. The number of aliphatic carboxylic acids is 1. The summed E-state index contributed by atoms with van der Waals surface area (Å²) in [6, 6.07) is 0. The van der Waals surface area contributed by atoms with Gasteiger partial charge in [-0.3, -0.25) is 9.59 Å². The molecule has 0 fully saturated rings. The third-order valence-corrected chi connectivity index (χ3v) is 0.896. The Hall–Kier alpha value is -1.10. The lowest BCUT2D eigenvalue weighted by Crippen LogP contribution is -2.00. The van der Waals surface area contributed by atoms with Gasteiger partial charge < -0.3 is 14.9 Å². The van der Waals surface area contributed by atoms with Crippen molar-refractivity contribution in [2.45, 2.75) is 40.5 Å². The number of carboxylic acid groups (broad SMARTS) is 1. The highest BCUT2D eigenvalue weighted by molar-refractivity contribution is 5.68. The molecule has 5 nitrogen and oxygen atoms in total. The SMILES string of the molecule is CCC(=O)O.CCO.CCOC(=O)CC. The number of esters is 1. The van der Waals surface area contributed by atoms with Crippen LogP contribution in [0, 0.1) is 0 Å². The van der Waals surface area contributed by atoms with Crippen LogP contribution < -0.4 is 0 Å². The van der Waals surface area contributed by atoms with Gasteiger partial charge in [0.25, 0.3) is 0 Å². The summed E-state index contributed by atoms with van der Waals surface area (Å²) in [5.74, 6) is -0.868. The van der Waals surface area contributed by atoms with Gasteiger partial charge in [-0.25, -0.2) is 0 Å². The van der Waals surface area contributed by atoms with Gasteiger partial charge in [0.1, 0.15) is 0 Å². The van der Waals surface area contributed by atoms with E-state index in [1.165, 1.54) is 0 Å². The minimum absolute atomic E-state index is 0.123. The van der Waals surface area contributed by atoms with E-state index >= 15 is 0 Å². The molecule has 0 saturated heterocycles. The zero-order valence-corrected chi connectivity index (χ0v) is 9.95. The molecule has 0 aromatic heterocycles. The van der Waals surface area contributed by atoms with Crippen LogP contribution in [0.25, 0.3) is 0 Å². The highest BCUT2D eigenvalue weighted by Gasteiger charge is 1.91. The second-order valence-electron chi connectivity index (χ2n) is 2.22. The van der Waals surface area contributed by atoms with E-state index in [0.29, 0.717) is 13.0 Å². The number of carbonyl (C=O) groups excluding carboxylic acids is 1. The van der Waals surface area contributed by atoms with Gasteiger partial charge in [-0.05, 0) is 13.8 Å². The Morgan fingerprint density at radius 2 is 1.40 bits per heavy atom. The summed E-state index contributed by atoms with van der Waals surface area (Å²) in [6.07, 6.45) is 0.702. The molecule has 0 aromatic carbocycles. The zero-order valence-electron chi connectivity index (χ0n) is 9.95. The number of aliphatic hydroxyl groups is 1. The molecular weight excluding hydrogens is 200 g/mol. The van der Waals surface area contributed by atoms with E-state index in [9.17, 15) is 9.59 Å². The molecular formula is C10H22O5.